The van der Waals surface area contributed by atoms with Gasteiger partial charge in [-0.15, -0.1) is 0 Å². The number of carbonyl (C=O) groups excluding carboxylic acids is 1. The van der Waals surface area contributed by atoms with Gasteiger partial charge in [-0.05, 0) is 80.6 Å². The van der Waals surface area contributed by atoms with E-state index in [0.29, 0.717) is 12.6 Å². The Morgan fingerprint density at radius 3 is 2.52 bits per heavy atom. The molecule has 2 heterocycles. The molecule has 2 aliphatic rings. The first-order valence-electron chi connectivity index (χ1n) is 10.7. The van der Waals surface area contributed by atoms with Gasteiger partial charge in [-0.3, -0.25) is 9.69 Å². The Bertz CT molecular complexity index is 844. The number of nitrogens with one attached hydrogen (secondary N) is 1. The van der Waals surface area contributed by atoms with Crippen LogP contribution in [0.3, 0.4) is 0 Å². The maximum atomic E-state index is 12.8. The molecule has 0 spiro atoms. The van der Waals surface area contributed by atoms with Gasteiger partial charge < -0.3 is 15.0 Å². The minimum absolute atomic E-state index is 0.0578. The molecule has 2 aliphatic heterocycles. The molecule has 0 bridgehead atoms. The SMILES string of the molecule is COc1ccc(C2CCCN2CC(=O)Nc2ccc(N3CCCC3)cc2C)cc1. The predicted molar refractivity (Wildman–Crippen MR) is 118 cm³/mol. The Hall–Kier alpha value is -2.53. The van der Waals surface area contributed by atoms with Crippen LogP contribution in [0.25, 0.3) is 0 Å². The highest BCUT2D eigenvalue weighted by atomic mass is 16.5. The van der Waals surface area contributed by atoms with Crippen molar-refractivity contribution in [2.75, 3.05) is 43.5 Å². The fourth-order valence-electron chi connectivity index (χ4n) is 4.55. The molecular formula is C24H31N3O2. The van der Waals surface area contributed by atoms with E-state index in [2.05, 4.69) is 46.3 Å². The molecule has 2 aromatic carbocycles. The average molecular weight is 394 g/mol. The summed E-state index contributed by atoms with van der Waals surface area (Å²) >= 11 is 0. The van der Waals surface area contributed by atoms with Crippen molar-refractivity contribution in [2.24, 2.45) is 0 Å². The van der Waals surface area contributed by atoms with E-state index in [1.165, 1.54) is 24.1 Å². The lowest BCUT2D eigenvalue weighted by Gasteiger charge is -2.25. The molecule has 1 atom stereocenters. The molecular weight excluding hydrogens is 362 g/mol. The molecule has 0 saturated carbocycles. The number of amides is 1. The van der Waals surface area contributed by atoms with Gasteiger partial charge in [-0.1, -0.05) is 12.1 Å². The number of hydrogen-bond donors (Lipinski definition) is 1. The third-order valence-electron chi connectivity index (χ3n) is 6.17. The Balaban J connectivity index is 1.38. The summed E-state index contributed by atoms with van der Waals surface area (Å²) in [6.07, 6.45) is 4.74. The van der Waals surface area contributed by atoms with Crippen LogP contribution in [-0.2, 0) is 4.79 Å². The van der Waals surface area contributed by atoms with E-state index in [4.69, 9.17) is 4.74 Å². The smallest absolute Gasteiger partial charge is 0.238 e. The molecule has 1 N–H and O–H groups in total. The first kappa shape index (κ1) is 19.8. The molecule has 4 rings (SSSR count). The van der Waals surface area contributed by atoms with Gasteiger partial charge in [-0.25, -0.2) is 0 Å². The highest BCUT2D eigenvalue weighted by molar-refractivity contribution is 5.93. The summed E-state index contributed by atoms with van der Waals surface area (Å²) in [4.78, 5) is 17.5. The van der Waals surface area contributed by atoms with E-state index in [1.54, 1.807) is 7.11 Å². The predicted octanol–water partition coefficient (Wildman–Crippen LogP) is 4.38. The third kappa shape index (κ3) is 4.56. The van der Waals surface area contributed by atoms with E-state index in [9.17, 15) is 4.79 Å². The highest BCUT2D eigenvalue weighted by Gasteiger charge is 2.27. The second-order valence-electron chi connectivity index (χ2n) is 8.14. The number of rotatable bonds is 6. The number of hydrogen-bond acceptors (Lipinski definition) is 4. The molecule has 1 unspecified atom stereocenters. The van der Waals surface area contributed by atoms with Crippen molar-refractivity contribution >= 4 is 17.3 Å². The van der Waals surface area contributed by atoms with Crippen molar-refractivity contribution in [2.45, 2.75) is 38.6 Å². The standard InChI is InChI=1S/C24H31N3O2/c1-18-16-20(26-13-3-4-14-26)9-12-22(18)25-24(28)17-27-15-5-6-23(27)19-7-10-21(29-2)11-8-19/h7-12,16,23H,3-6,13-15,17H2,1-2H3,(H,25,28). The number of methoxy groups -OCH3 is 1. The lowest BCUT2D eigenvalue weighted by molar-refractivity contribution is -0.117. The van der Waals surface area contributed by atoms with Gasteiger partial charge in [0.25, 0.3) is 0 Å². The summed E-state index contributed by atoms with van der Waals surface area (Å²) in [6.45, 7) is 5.71. The lowest BCUT2D eigenvalue weighted by Crippen LogP contribution is -2.33. The zero-order valence-corrected chi connectivity index (χ0v) is 17.5. The van der Waals surface area contributed by atoms with Gasteiger partial charge in [0.1, 0.15) is 5.75 Å². The van der Waals surface area contributed by atoms with E-state index in [-0.39, 0.29) is 5.91 Å². The molecule has 154 valence electrons. The monoisotopic (exact) mass is 393 g/mol. The number of benzene rings is 2. The fraction of sp³-hybridized carbons (Fsp3) is 0.458. The van der Waals surface area contributed by atoms with Gasteiger partial charge in [0.2, 0.25) is 5.91 Å². The Morgan fingerprint density at radius 2 is 1.83 bits per heavy atom. The Kier molecular flexibility index (Phi) is 6.05. The Labute approximate surface area is 173 Å². The van der Waals surface area contributed by atoms with Gasteiger partial charge in [0.15, 0.2) is 0 Å². The first-order valence-corrected chi connectivity index (χ1v) is 10.7. The first-order chi connectivity index (χ1) is 14.1. The molecule has 0 aromatic heterocycles. The summed E-state index contributed by atoms with van der Waals surface area (Å²) < 4.78 is 5.26. The summed E-state index contributed by atoms with van der Waals surface area (Å²) in [7, 11) is 1.68. The molecule has 2 fully saturated rings. The second-order valence-corrected chi connectivity index (χ2v) is 8.14. The number of likely N-dealkylation sites (tertiary alicyclic amines) is 1. The number of aryl methyl sites for hydroxylation is 1. The molecule has 29 heavy (non-hydrogen) atoms. The van der Waals surface area contributed by atoms with Crippen LogP contribution < -0.4 is 15.0 Å². The van der Waals surface area contributed by atoms with Gasteiger partial charge in [0, 0.05) is 30.5 Å². The van der Waals surface area contributed by atoms with Crippen LogP contribution >= 0.6 is 0 Å². The Morgan fingerprint density at radius 1 is 1.07 bits per heavy atom. The van der Waals surface area contributed by atoms with Crippen LogP contribution in [0.5, 0.6) is 5.75 Å². The van der Waals surface area contributed by atoms with Crippen LogP contribution in [0.4, 0.5) is 11.4 Å². The quantitative estimate of drug-likeness (QED) is 0.791. The molecule has 0 radical (unpaired) electrons. The van der Waals surface area contributed by atoms with E-state index in [0.717, 1.165) is 49.5 Å². The van der Waals surface area contributed by atoms with Crippen LogP contribution in [-0.4, -0.2) is 44.1 Å². The zero-order chi connectivity index (χ0) is 20.2. The fourth-order valence-corrected chi connectivity index (χ4v) is 4.55. The van der Waals surface area contributed by atoms with Crippen molar-refractivity contribution in [3.8, 4) is 5.75 Å². The van der Waals surface area contributed by atoms with Crippen molar-refractivity contribution in [3.63, 3.8) is 0 Å². The van der Waals surface area contributed by atoms with Crippen LogP contribution in [0.1, 0.15) is 42.9 Å². The summed E-state index contributed by atoms with van der Waals surface area (Å²) in [5.74, 6) is 0.923. The van der Waals surface area contributed by atoms with Crippen LogP contribution in [0, 0.1) is 6.92 Å². The van der Waals surface area contributed by atoms with Crippen molar-refractivity contribution < 1.29 is 9.53 Å². The van der Waals surface area contributed by atoms with Gasteiger partial charge in [-0.2, -0.15) is 0 Å². The van der Waals surface area contributed by atoms with E-state index < -0.39 is 0 Å². The normalized spacial score (nSPS) is 19.5. The van der Waals surface area contributed by atoms with Crippen molar-refractivity contribution in [3.05, 3.63) is 53.6 Å². The molecule has 0 aliphatic carbocycles. The number of nitrogens with zero attached hydrogens (tertiary/aromatic N) is 2. The number of carbonyl (C=O) groups is 1. The van der Waals surface area contributed by atoms with E-state index in [1.807, 2.05) is 18.2 Å². The van der Waals surface area contributed by atoms with Gasteiger partial charge >= 0.3 is 0 Å². The summed E-state index contributed by atoms with van der Waals surface area (Å²) in [5, 5.41) is 3.13. The zero-order valence-electron chi connectivity index (χ0n) is 17.5. The lowest BCUT2D eigenvalue weighted by atomic mass is 10.0. The highest BCUT2D eigenvalue weighted by Crippen LogP contribution is 2.32. The summed E-state index contributed by atoms with van der Waals surface area (Å²) in [6, 6.07) is 14.9. The summed E-state index contributed by atoms with van der Waals surface area (Å²) in [5.41, 5.74) is 4.55. The van der Waals surface area contributed by atoms with Gasteiger partial charge in [0.05, 0.1) is 13.7 Å². The maximum Gasteiger partial charge on any atom is 0.238 e. The molecule has 1 amide bonds. The molecule has 5 nitrogen and oxygen atoms in total. The number of anilines is 2. The third-order valence-corrected chi connectivity index (χ3v) is 6.17. The minimum Gasteiger partial charge on any atom is -0.497 e. The maximum absolute atomic E-state index is 12.8. The largest absolute Gasteiger partial charge is 0.497 e. The van der Waals surface area contributed by atoms with Crippen molar-refractivity contribution in [1.29, 1.82) is 0 Å². The second kappa shape index (κ2) is 8.87. The average Bonchev–Trinajstić information content (AvgIpc) is 3.42. The molecule has 2 saturated heterocycles. The minimum atomic E-state index is 0.0578. The molecule has 5 heteroatoms. The van der Waals surface area contributed by atoms with E-state index >= 15 is 0 Å². The van der Waals surface area contributed by atoms with Crippen LogP contribution in [0.2, 0.25) is 0 Å². The van der Waals surface area contributed by atoms with Crippen LogP contribution in [0.15, 0.2) is 42.5 Å². The van der Waals surface area contributed by atoms with Crippen molar-refractivity contribution in [1.82, 2.24) is 4.90 Å². The molecule has 2 aromatic rings. The topological polar surface area (TPSA) is 44.8 Å². The number of ether oxygens (including phenoxy) is 1.